The molecule has 0 bridgehead atoms. The van der Waals surface area contributed by atoms with Crippen molar-refractivity contribution < 1.29 is 14.4 Å². The molecule has 0 atom stereocenters. The van der Waals surface area contributed by atoms with Crippen LogP contribution in [0.2, 0.25) is 0 Å². The van der Waals surface area contributed by atoms with Crippen molar-refractivity contribution in [1.82, 2.24) is 10.6 Å². The van der Waals surface area contributed by atoms with Gasteiger partial charge in [-0.25, -0.2) is 0 Å². The molecule has 5 nitrogen and oxygen atoms in total. The molecular formula is C18H26N2O3S. The second kappa shape index (κ2) is 12.6. The highest BCUT2D eigenvalue weighted by Gasteiger charge is 2.04. The number of benzene rings is 1. The molecule has 6 heteroatoms. The van der Waals surface area contributed by atoms with Crippen LogP contribution in [0.1, 0.15) is 38.2 Å². The topological polar surface area (TPSA) is 75.3 Å². The van der Waals surface area contributed by atoms with E-state index in [1.54, 1.807) is 0 Å². The van der Waals surface area contributed by atoms with Gasteiger partial charge in [0.25, 0.3) is 0 Å². The Bertz CT molecular complexity index is 520. The van der Waals surface area contributed by atoms with Gasteiger partial charge in [0.1, 0.15) is 0 Å². The molecule has 2 N–H and O–H groups in total. The lowest BCUT2D eigenvalue weighted by molar-refractivity contribution is -0.121. The van der Waals surface area contributed by atoms with Crippen LogP contribution in [0.15, 0.2) is 30.3 Å². The van der Waals surface area contributed by atoms with Crippen LogP contribution < -0.4 is 10.6 Å². The van der Waals surface area contributed by atoms with Crippen LogP contribution in [0, 0.1) is 0 Å². The number of unbranched alkanes of at least 4 members (excludes halogenated alkanes) is 2. The smallest absolute Gasteiger partial charge is 0.230 e. The van der Waals surface area contributed by atoms with E-state index in [1.807, 2.05) is 18.2 Å². The zero-order valence-electron chi connectivity index (χ0n) is 14.2. The van der Waals surface area contributed by atoms with Gasteiger partial charge < -0.3 is 10.6 Å². The second-order valence-corrected chi connectivity index (χ2v) is 6.68. The summed E-state index contributed by atoms with van der Waals surface area (Å²) >= 11 is 1.01. The molecule has 132 valence electrons. The van der Waals surface area contributed by atoms with Crippen molar-refractivity contribution in [3.05, 3.63) is 35.9 Å². The fourth-order valence-electron chi connectivity index (χ4n) is 2.11. The van der Waals surface area contributed by atoms with Crippen LogP contribution in [0.25, 0.3) is 0 Å². The van der Waals surface area contributed by atoms with Gasteiger partial charge in [0.05, 0.1) is 5.75 Å². The Morgan fingerprint density at radius 1 is 0.917 bits per heavy atom. The van der Waals surface area contributed by atoms with E-state index in [4.69, 9.17) is 0 Å². The molecule has 0 saturated carbocycles. The molecule has 0 unspecified atom stereocenters. The molecule has 1 rings (SSSR count). The third-order valence-electron chi connectivity index (χ3n) is 3.39. The summed E-state index contributed by atoms with van der Waals surface area (Å²) < 4.78 is 0. The molecule has 0 radical (unpaired) electrons. The fourth-order valence-corrected chi connectivity index (χ4v) is 2.55. The maximum Gasteiger partial charge on any atom is 0.230 e. The predicted molar refractivity (Wildman–Crippen MR) is 97.8 cm³/mol. The highest BCUT2D eigenvalue weighted by atomic mass is 32.2. The molecule has 0 spiro atoms. The molecule has 2 amide bonds. The Balaban J connectivity index is 1.94. The molecule has 0 aliphatic heterocycles. The summed E-state index contributed by atoms with van der Waals surface area (Å²) in [6, 6.07) is 10.1. The van der Waals surface area contributed by atoms with Gasteiger partial charge in [0.15, 0.2) is 5.12 Å². The lowest BCUT2D eigenvalue weighted by atomic mass is 10.1. The largest absolute Gasteiger partial charge is 0.356 e. The first-order valence-electron chi connectivity index (χ1n) is 8.28. The maximum atomic E-state index is 11.7. The number of amides is 2. The number of rotatable bonds is 11. The summed E-state index contributed by atoms with van der Waals surface area (Å²) in [5.74, 6) is 0.140. The van der Waals surface area contributed by atoms with Gasteiger partial charge in [0, 0.05) is 26.4 Å². The summed E-state index contributed by atoms with van der Waals surface area (Å²) in [4.78, 5) is 33.8. The zero-order chi connectivity index (χ0) is 17.6. The number of hydrogen-bond donors (Lipinski definition) is 2. The number of hydrogen-bond acceptors (Lipinski definition) is 4. The van der Waals surface area contributed by atoms with Crippen LogP contribution >= 0.6 is 11.8 Å². The fraction of sp³-hybridized carbons (Fsp3) is 0.500. The molecule has 1 aromatic rings. The first kappa shape index (κ1) is 20.2. The minimum atomic E-state index is -0.117. The molecule has 0 aliphatic rings. The van der Waals surface area contributed by atoms with Gasteiger partial charge in [-0.1, -0.05) is 48.5 Å². The highest BCUT2D eigenvalue weighted by Crippen LogP contribution is 2.02. The van der Waals surface area contributed by atoms with E-state index in [1.165, 1.54) is 12.5 Å². The van der Waals surface area contributed by atoms with Crippen LogP contribution in [0.5, 0.6) is 0 Å². The minimum absolute atomic E-state index is 0.0524. The molecule has 0 fully saturated rings. The summed E-state index contributed by atoms with van der Waals surface area (Å²) in [6.45, 7) is 2.70. The number of thioether (sulfide) groups is 1. The van der Waals surface area contributed by atoms with Crippen molar-refractivity contribution in [2.24, 2.45) is 0 Å². The summed E-state index contributed by atoms with van der Waals surface area (Å²) in [7, 11) is 0. The van der Waals surface area contributed by atoms with Crippen LogP contribution in [-0.4, -0.2) is 35.8 Å². The van der Waals surface area contributed by atoms with E-state index >= 15 is 0 Å². The summed E-state index contributed by atoms with van der Waals surface area (Å²) in [5.41, 5.74) is 1.22. The van der Waals surface area contributed by atoms with E-state index in [9.17, 15) is 14.4 Å². The van der Waals surface area contributed by atoms with E-state index < -0.39 is 0 Å². The molecule has 1 aromatic carbocycles. The minimum Gasteiger partial charge on any atom is -0.356 e. The first-order chi connectivity index (χ1) is 11.6. The monoisotopic (exact) mass is 350 g/mol. The number of carbonyl (C=O) groups is 3. The van der Waals surface area contributed by atoms with Crippen molar-refractivity contribution in [3.63, 3.8) is 0 Å². The molecule has 24 heavy (non-hydrogen) atoms. The summed E-state index contributed by atoms with van der Waals surface area (Å²) in [5, 5.41) is 5.64. The molecule has 0 aromatic heterocycles. The van der Waals surface area contributed by atoms with Gasteiger partial charge in [-0.3, -0.25) is 14.4 Å². The third kappa shape index (κ3) is 10.8. The van der Waals surface area contributed by atoms with Crippen molar-refractivity contribution in [2.45, 2.75) is 39.0 Å². The number of nitrogens with one attached hydrogen (secondary N) is 2. The quantitative estimate of drug-likeness (QED) is 0.601. The van der Waals surface area contributed by atoms with E-state index in [-0.39, 0.29) is 22.7 Å². The van der Waals surface area contributed by atoms with Gasteiger partial charge in [0.2, 0.25) is 11.8 Å². The Morgan fingerprint density at radius 2 is 1.62 bits per heavy atom. The van der Waals surface area contributed by atoms with E-state index in [2.05, 4.69) is 22.8 Å². The average molecular weight is 350 g/mol. The van der Waals surface area contributed by atoms with Crippen molar-refractivity contribution >= 4 is 28.7 Å². The Kier molecular flexibility index (Phi) is 10.6. The molecular weight excluding hydrogens is 324 g/mol. The van der Waals surface area contributed by atoms with Gasteiger partial charge in [-0.05, 0) is 24.8 Å². The zero-order valence-corrected chi connectivity index (χ0v) is 15.0. The van der Waals surface area contributed by atoms with Gasteiger partial charge in [-0.15, -0.1) is 0 Å². The number of carbonyl (C=O) groups excluding carboxylic acids is 3. The van der Waals surface area contributed by atoms with Crippen molar-refractivity contribution in [3.8, 4) is 0 Å². The Morgan fingerprint density at radius 3 is 2.33 bits per heavy atom. The third-order valence-corrected chi connectivity index (χ3v) is 4.20. The highest BCUT2D eigenvalue weighted by molar-refractivity contribution is 8.14. The van der Waals surface area contributed by atoms with E-state index in [0.29, 0.717) is 19.5 Å². The Labute approximate surface area is 148 Å². The Hall–Kier alpha value is -1.82. The maximum absolute atomic E-state index is 11.7. The lowest BCUT2D eigenvalue weighted by Crippen LogP contribution is -2.27. The van der Waals surface area contributed by atoms with Crippen LogP contribution in [0.4, 0.5) is 0 Å². The normalized spacial score (nSPS) is 10.2. The molecule has 0 heterocycles. The van der Waals surface area contributed by atoms with Crippen molar-refractivity contribution in [1.29, 1.82) is 0 Å². The van der Waals surface area contributed by atoms with Crippen molar-refractivity contribution in [2.75, 3.05) is 18.8 Å². The second-order valence-electron chi connectivity index (χ2n) is 5.53. The molecule has 0 aliphatic carbocycles. The van der Waals surface area contributed by atoms with Crippen LogP contribution in [0.3, 0.4) is 0 Å². The SMILES string of the molecule is CC(=O)SCC(=O)NCCCCCC(=O)NCCc1ccccc1. The van der Waals surface area contributed by atoms with Crippen LogP contribution in [-0.2, 0) is 20.8 Å². The predicted octanol–water partition coefficient (Wildman–Crippen LogP) is 2.30. The standard InChI is InChI=1S/C18H26N2O3S/c1-15(21)24-14-18(23)19-12-7-3-6-10-17(22)20-13-11-16-8-4-2-5-9-16/h2,4-5,8-9H,3,6-7,10-14H2,1H3,(H,19,23)(H,20,22). The summed E-state index contributed by atoms with van der Waals surface area (Å²) in [6.07, 6.45) is 3.91. The van der Waals surface area contributed by atoms with Gasteiger partial charge >= 0.3 is 0 Å². The first-order valence-corrected chi connectivity index (χ1v) is 9.27. The van der Waals surface area contributed by atoms with Gasteiger partial charge in [-0.2, -0.15) is 0 Å². The molecule has 0 saturated heterocycles. The van der Waals surface area contributed by atoms with E-state index in [0.717, 1.165) is 37.4 Å². The lowest BCUT2D eigenvalue weighted by Gasteiger charge is -2.06. The average Bonchev–Trinajstić information content (AvgIpc) is 2.57.